The fraction of sp³-hybridized carbons (Fsp3) is 0.222. The van der Waals surface area contributed by atoms with Crippen molar-refractivity contribution in [2.45, 2.75) is 26.8 Å². The lowest BCUT2D eigenvalue weighted by Crippen LogP contribution is -2.26. The molecular formula is C18H18N6OS. The molecule has 3 heterocycles. The Morgan fingerprint density at radius 1 is 1.23 bits per heavy atom. The molecule has 0 saturated carbocycles. The van der Waals surface area contributed by atoms with Gasteiger partial charge in [-0.05, 0) is 51.1 Å². The topological polar surface area (TPSA) is 77.1 Å². The number of carbonyl (C=O) groups is 1. The van der Waals surface area contributed by atoms with E-state index in [1.807, 2.05) is 49.8 Å². The first kappa shape index (κ1) is 16.5. The highest BCUT2D eigenvalue weighted by Crippen LogP contribution is 2.17. The Labute approximate surface area is 154 Å². The van der Waals surface area contributed by atoms with E-state index in [0.29, 0.717) is 5.56 Å². The Bertz CT molecular complexity index is 1050. The summed E-state index contributed by atoms with van der Waals surface area (Å²) in [6, 6.07) is 9.23. The average molecular weight is 366 g/mol. The Hall–Kier alpha value is -3.00. The van der Waals surface area contributed by atoms with Gasteiger partial charge in [0.25, 0.3) is 5.91 Å². The average Bonchev–Trinajstić information content (AvgIpc) is 3.29. The van der Waals surface area contributed by atoms with Crippen molar-refractivity contribution in [3.8, 4) is 5.69 Å². The maximum absolute atomic E-state index is 12.5. The number of nitrogens with zero attached hydrogens (tertiary/aromatic N) is 5. The summed E-state index contributed by atoms with van der Waals surface area (Å²) >= 11 is 1.46. The highest BCUT2D eigenvalue weighted by atomic mass is 32.1. The molecule has 0 bridgehead atoms. The van der Waals surface area contributed by atoms with Crippen molar-refractivity contribution in [3.05, 3.63) is 64.7 Å². The zero-order chi connectivity index (χ0) is 18.3. The SMILES string of the molecule is Cc1cc(C)n(-c2ccc(C(=O)N[C@@H](C)c3cn4ncsc4n3)cc2)n1. The van der Waals surface area contributed by atoms with Crippen LogP contribution in [0.4, 0.5) is 0 Å². The van der Waals surface area contributed by atoms with Gasteiger partial charge in [-0.3, -0.25) is 4.79 Å². The summed E-state index contributed by atoms with van der Waals surface area (Å²) in [4.78, 5) is 17.8. The Kier molecular flexibility index (Phi) is 4.04. The number of nitrogens with one attached hydrogen (secondary N) is 1. The van der Waals surface area contributed by atoms with E-state index in [9.17, 15) is 4.79 Å². The minimum atomic E-state index is -0.202. The molecule has 0 unspecified atom stereocenters. The molecule has 0 aliphatic carbocycles. The van der Waals surface area contributed by atoms with Gasteiger partial charge in [0.2, 0.25) is 4.96 Å². The van der Waals surface area contributed by atoms with Gasteiger partial charge in [-0.25, -0.2) is 14.2 Å². The number of aromatic nitrogens is 5. The van der Waals surface area contributed by atoms with Gasteiger partial charge in [0.1, 0.15) is 5.51 Å². The van der Waals surface area contributed by atoms with E-state index >= 15 is 0 Å². The van der Waals surface area contributed by atoms with Crippen molar-refractivity contribution in [2.24, 2.45) is 0 Å². The minimum Gasteiger partial charge on any atom is -0.344 e. The van der Waals surface area contributed by atoms with Crippen molar-refractivity contribution >= 4 is 22.2 Å². The predicted molar refractivity (Wildman–Crippen MR) is 99.8 cm³/mol. The molecule has 1 atom stereocenters. The predicted octanol–water partition coefficient (Wildman–Crippen LogP) is 3.08. The zero-order valence-corrected chi connectivity index (χ0v) is 15.5. The summed E-state index contributed by atoms with van der Waals surface area (Å²) in [6.45, 7) is 5.88. The molecule has 0 spiro atoms. The quantitative estimate of drug-likeness (QED) is 0.602. The number of hydrogen-bond donors (Lipinski definition) is 1. The van der Waals surface area contributed by atoms with Crippen LogP contribution >= 0.6 is 11.3 Å². The third kappa shape index (κ3) is 2.99. The molecule has 1 aromatic carbocycles. The molecule has 7 nitrogen and oxygen atoms in total. The molecular weight excluding hydrogens is 348 g/mol. The number of rotatable bonds is 4. The second-order valence-corrected chi connectivity index (χ2v) is 7.02. The van der Waals surface area contributed by atoms with Crippen LogP contribution in [0.1, 0.15) is 40.4 Å². The molecule has 0 aliphatic heterocycles. The highest BCUT2D eigenvalue weighted by Gasteiger charge is 2.15. The summed E-state index contributed by atoms with van der Waals surface area (Å²) < 4.78 is 3.58. The molecule has 4 aromatic rings. The lowest BCUT2D eigenvalue weighted by Gasteiger charge is -2.12. The van der Waals surface area contributed by atoms with E-state index in [1.165, 1.54) is 11.3 Å². The van der Waals surface area contributed by atoms with E-state index < -0.39 is 0 Å². The number of benzene rings is 1. The van der Waals surface area contributed by atoms with Crippen molar-refractivity contribution in [1.29, 1.82) is 0 Å². The third-order valence-electron chi connectivity index (χ3n) is 4.18. The van der Waals surface area contributed by atoms with Gasteiger partial charge in [-0.2, -0.15) is 10.2 Å². The van der Waals surface area contributed by atoms with Crippen molar-refractivity contribution < 1.29 is 4.79 Å². The molecule has 0 fully saturated rings. The summed E-state index contributed by atoms with van der Waals surface area (Å²) in [5, 5.41) is 11.6. The highest BCUT2D eigenvalue weighted by molar-refractivity contribution is 7.14. The Balaban J connectivity index is 1.49. The van der Waals surface area contributed by atoms with Crippen molar-refractivity contribution in [1.82, 2.24) is 29.7 Å². The van der Waals surface area contributed by atoms with Gasteiger partial charge >= 0.3 is 0 Å². The van der Waals surface area contributed by atoms with Crippen LogP contribution in [0, 0.1) is 13.8 Å². The standard InChI is InChI=1S/C18H18N6OS/c1-11-8-12(2)24(22-11)15-6-4-14(5-7-15)17(25)20-13(3)16-9-23-18(21-16)26-10-19-23/h4-10,13H,1-3H3,(H,20,25)/t13-/m0/s1. The Morgan fingerprint density at radius 2 is 2.00 bits per heavy atom. The van der Waals surface area contributed by atoms with Gasteiger partial charge in [0, 0.05) is 11.3 Å². The molecule has 132 valence electrons. The number of amides is 1. The fourth-order valence-corrected chi connectivity index (χ4v) is 3.47. The monoisotopic (exact) mass is 366 g/mol. The molecule has 26 heavy (non-hydrogen) atoms. The van der Waals surface area contributed by atoms with Crippen LogP contribution in [-0.4, -0.2) is 30.3 Å². The van der Waals surface area contributed by atoms with Gasteiger partial charge in [0.05, 0.1) is 29.3 Å². The molecule has 4 rings (SSSR count). The first-order valence-corrected chi connectivity index (χ1v) is 9.12. The first-order valence-electron chi connectivity index (χ1n) is 8.24. The maximum Gasteiger partial charge on any atom is 0.251 e. The third-order valence-corrected chi connectivity index (χ3v) is 4.87. The van der Waals surface area contributed by atoms with E-state index in [1.54, 1.807) is 22.2 Å². The lowest BCUT2D eigenvalue weighted by molar-refractivity contribution is 0.0939. The minimum absolute atomic E-state index is 0.137. The van der Waals surface area contributed by atoms with E-state index in [2.05, 4.69) is 20.5 Å². The van der Waals surface area contributed by atoms with Gasteiger partial charge in [-0.15, -0.1) is 0 Å². The van der Waals surface area contributed by atoms with E-state index in [-0.39, 0.29) is 11.9 Å². The van der Waals surface area contributed by atoms with Gasteiger partial charge in [0.15, 0.2) is 0 Å². The summed E-state index contributed by atoms with van der Waals surface area (Å²) in [5.74, 6) is -0.137. The second kappa shape index (κ2) is 6.38. The summed E-state index contributed by atoms with van der Waals surface area (Å²) in [6.07, 6.45) is 1.84. The first-order chi connectivity index (χ1) is 12.5. The van der Waals surface area contributed by atoms with Crippen LogP contribution in [0.2, 0.25) is 0 Å². The van der Waals surface area contributed by atoms with Crippen LogP contribution in [0.25, 0.3) is 10.6 Å². The zero-order valence-electron chi connectivity index (χ0n) is 14.7. The van der Waals surface area contributed by atoms with Crippen LogP contribution in [0.5, 0.6) is 0 Å². The number of aryl methyl sites for hydroxylation is 2. The lowest BCUT2D eigenvalue weighted by atomic mass is 10.1. The molecule has 0 saturated heterocycles. The van der Waals surface area contributed by atoms with Gasteiger partial charge < -0.3 is 5.32 Å². The van der Waals surface area contributed by atoms with Crippen LogP contribution in [0.3, 0.4) is 0 Å². The normalized spacial score (nSPS) is 12.4. The summed E-state index contributed by atoms with van der Waals surface area (Å²) in [5.41, 5.74) is 6.08. The second-order valence-electron chi connectivity index (χ2n) is 6.21. The van der Waals surface area contributed by atoms with Crippen molar-refractivity contribution in [3.63, 3.8) is 0 Å². The fourth-order valence-electron chi connectivity index (χ4n) is 2.86. The molecule has 0 radical (unpaired) electrons. The molecule has 0 aliphatic rings. The maximum atomic E-state index is 12.5. The van der Waals surface area contributed by atoms with Gasteiger partial charge in [-0.1, -0.05) is 11.3 Å². The number of imidazole rings is 1. The largest absolute Gasteiger partial charge is 0.344 e. The van der Waals surface area contributed by atoms with E-state index in [0.717, 1.165) is 27.7 Å². The smallest absolute Gasteiger partial charge is 0.251 e. The van der Waals surface area contributed by atoms with Crippen LogP contribution in [-0.2, 0) is 0 Å². The van der Waals surface area contributed by atoms with Crippen molar-refractivity contribution in [2.75, 3.05) is 0 Å². The Morgan fingerprint density at radius 3 is 2.65 bits per heavy atom. The van der Waals surface area contributed by atoms with Crippen LogP contribution < -0.4 is 5.32 Å². The number of carbonyl (C=O) groups excluding carboxylic acids is 1. The molecule has 1 N–H and O–H groups in total. The number of fused-ring (bicyclic) bond motifs is 1. The van der Waals surface area contributed by atoms with E-state index in [4.69, 9.17) is 0 Å². The molecule has 1 amide bonds. The molecule has 3 aromatic heterocycles. The van der Waals surface area contributed by atoms with Crippen LogP contribution in [0.15, 0.2) is 42.0 Å². The number of hydrogen-bond acceptors (Lipinski definition) is 5. The summed E-state index contributed by atoms with van der Waals surface area (Å²) in [7, 11) is 0. The molecule has 8 heteroatoms.